The molecular weight excluding hydrogens is 296 g/mol. The van der Waals surface area contributed by atoms with Crippen molar-refractivity contribution in [2.45, 2.75) is 13.8 Å². The Morgan fingerprint density at radius 3 is 1.17 bits per heavy atom. The molecule has 0 spiro atoms. The first-order valence-corrected chi connectivity index (χ1v) is 7.94. The van der Waals surface area contributed by atoms with E-state index in [1.807, 2.05) is 26.2 Å². The molecule has 0 radical (unpaired) electrons. The van der Waals surface area contributed by atoms with Gasteiger partial charge >= 0.3 is 0 Å². The lowest BCUT2D eigenvalue weighted by Crippen LogP contribution is -1.82. The minimum atomic E-state index is 0.929. The zero-order valence-electron chi connectivity index (χ0n) is 13.7. The van der Waals surface area contributed by atoms with Gasteiger partial charge in [-0.25, -0.2) is 9.97 Å². The van der Waals surface area contributed by atoms with Gasteiger partial charge in [-0.2, -0.15) is 0 Å². The molecule has 4 heteroatoms. The van der Waals surface area contributed by atoms with E-state index >= 15 is 0 Å². The summed E-state index contributed by atoms with van der Waals surface area (Å²) in [7, 11) is 0. The summed E-state index contributed by atoms with van der Waals surface area (Å²) in [5, 5.41) is 0. The summed E-state index contributed by atoms with van der Waals surface area (Å²) in [6.45, 7) is 3.92. The second-order valence-corrected chi connectivity index (χ2v) is 5.90. The highest BCUT2D eigenvalue weighted by molar-refractivity contribution is 5.71. The minimum absolute atomic E-state index is 0.929. The Morgan fingerprint density at radius 2 is 0.875 bits per heavy atom. The van der Waals surface area contributed by atoms with E-state index in [1.54, 1.807) is 0 Å². The number of nitrogens with one attached hydrogen (secondary N) is 2. The van der Waals surface area contributed by atoms with E-state index in [4.69, 9.17) is 0 Å². The van der Waals surface area contributed by atoms with Crippen LogP contribution in [0.4, 0.5) is 0 Å². The normalized spacial score (nSPS) is 10.9. The Labute approximate surface area is 140 Å². The lowest BCUT2D eigenvalue weighted by atomic mass is 10.0. The van der Waals surface area contributed by atoms with Crippen LogP contribution < -0.4 is 0 Å². The van der Waals surface area contributed by atoms with E-state index in [1.165, 1.54) is 11.1 Å². The average Bonchev–Trinajstić information content (AvgIpc) is 3.24. The number of H-pyrrole nitrogens is 2. The number of rotatable bonds is 3. The number of aromatic amines is 2. The van der Waals surface area contributed by atoms with Crippen molar-refractivity contribution in [2.75, 3.05) is 0 Å². The van der Waals surface area contributed by atoms with Crippen molar-refractivity contribution in [3.05, 3.63) is 72.6 Å². The number of imidazole rings is 2. The molecule has 2 heterocycles. The molecule has 0 unspecified atom stereocenters. The summed E-state index contributed by atoms with van der Waals surface area (Å²) in [6, 6.07) is 17.0. The molecule has 24 heavy (non-hydrogen) atoms. The smallest absolute Gasteiger partial charge is 0.103 e. The number of nitrogens with zero attached hydrogens (tertiary/aromatic N) is 2. The molecule has 2 aromatic heterocycles. The molecule has 0 aliphatic rings. The van der Waals surface area contributed by atoms with Crippen LogP contribution in [0.2, 0.25) is 0 Å². The van der Waals surface area contributed by atoms with Gasteiger partial charge < -0.3 is 9.97 Å². The molecule has 0 atom stereocenters. The standard InChI is InChI=1S/C20H18N4/c1-13-21-11-19(23-13)17-7-3-15(4-8-17)16-5-9-18(10-6-16)20-12-22-14(2)24-20/h3-12H,1-2H3,(H,21,23)(H,22,24). The van der Waals surface area contributed by atoms with E-state index in [0.717, 1.165) is 34.2 Å². The van der Waals surface area contributed by atoms with E-state index in [2.05, 4.69) is 68.5 Å². The summed E-state index contributed by atoms with van der Waals surface area (Å²) in [5.41, 5.74) is 6.57. The van der Waals surface area contributed by atoms with Gasteiger partial charge in [-0.1, -0.05) is 48.5 Å². The third-order valence-corrected chi connectivity index (χ3v) is 4.11. The number of aromatic nitrogens is 4. The average molecular weight is 314 g/mol. The topological polar surface area (TPSA) is 57.4 Å². The molecule has 4 aromatic rings. The molecule has 118 valence electrons. The molecule has 0 bridgehead atoms. The molecule has 0 saturated heterocycles. The quantitative estimate of drug-likeness (QED) is 0.573. The van der Waals surface area contributed by atoms with E-state index in [9.17, 15) is 0 Å². The highest BCUT2D eigenvalue weighted by Crippen LogP contribution is 2.26. The van der Waals surface area contributed by atoms with Gasteiger partial charge in [0.25, 0.3) is 0 Å². The van der Waals surface area contributed by atoms with Crippen molar-refractivity contribution < 1.29 is 0 Å². The van der Waals surface area contributed by atoms with Crippen molar-refractivity contribution in [1.82, 2.24) is 19.9 Å². The lowest BCUT2D eigenvalue weighted by Gasteiger charge is -2.04. The monoisotopic (exact) mass is 314 g/mol. The SMILES string of the molecule is Cc1nc(-c2ccc(-c3ccc(-c4c[nH]c(C)n4)cc3)cc2)c[nH]1. The largest absolute Gasteiger partial charge is 0.348 e. The van der Waals surface area contributed by atoms with Crippen LogP contribution in [0, 0.1) is 13.8 Å². The maximum absolute atomic E-state index is 4.47. The molecule has 4 rings (SSSR count). The van der Waals surface area contributed by atoms with E-state index < -0.39 is 0 Å². The van der Waals surface area contributed by atoms with Crippen molar-refractivity contribution in [3.63, 3.8) is 0 Å². The molecule has 0 saturated carbocycles. The number of benzene rings is 2. The second-order valence-electron chi connectivity index (χ2n) is 5.90. The van der Waals surface area contributed by atoms with Crippen molar-refractivity contribution in [1.29, 1.82) is 0 Å². The molecular formula is C20H18N4. The second kappa shape index (κ2) is 5.81. The maximum Gasteiger partial charge on any atom is 0.103 e. The molecule has 0 amide bonds. The van der Waals surface area contributed by atoms with E-state index in [0.29, 0.717) is 0 Å². The van der Waals surface area contributed by atoms with Crippen LogP contribution >= 0.6 is 0 Å². The summed E-state index contributed by atoms with van der Waals surface area (Å²) in [4.78, 5) is 15.2. The highest BCUT2D eigenvalue weighted by Gasteiger charge is 2.05. The van der Waals surface area contributed by atoms with Gasteiger partial charge in [0, 0.05) is 23.5 Å². The van der Waals surface area contributed by atoms with Gasteiger partial charge in [0.15, 0.2) is 0 Å². The zero-order valence-corrected chi connectivity index (χ0v) is 13.7. The Kier molecular flexibility index (Phi) is 3.50. The third-order valence-electron chi connectivity index (χ3n) is 4.11. The summed E-state index contributed by atoms with van der Waals surface area (Å²) >= 11 is 0. The van der Waals surface area contributed by atoms with Crippen LogP contribution in [0.25, 0.3) is 33.6 Å². The number of hydrogen-bond acceptors (Lipinski definition) is 2. The van der Waals surface area contributed by atoms with Gasteiger partial charge in [0.2, 0.25) is 0 Å². The van der Waals surface area contributed by atoms with Gasteiger partial charge in [0.05, 0.1) is 11.4 Å². The Bertz CT molecular complexity index is 878. The Balaban J connectivity index is 1.59. The first-order valence-electron chi connectivity index (χ1n) is 7.94. The third kappa shape index (κ3) is 2.74. The molecule has 4 nitrogen and oxygen atoms in total. The molecule has 0 aliphatic heterocycles. The molecule has 2 aromatic carbocycles. The minimum Gasteiger partial charge on any atom is -0.348 e. The maximum atomic E-state index is 4.47. The summed E-state index contributed by atoms with van der Waals surface area (Å²) in [6.07, 6.45) is 3.87. The lowest BCUT2D eigenvalue weighted by molar-refractivity contribution is 1.15. The fourth-order valence-corrected chi connectivity index (χ4v) is 2.80. The van der Waals surface area contributed by atoms with Gasteiger partial charge in [-0.15, -0.1) is 0 Å². The highest BCUT2D eigenvalue weighted by atomic mass is 14.9. The van der Waals surface area contributed by atoms with Crippen LogP contribution in [0.3, 0.4) is 0 Å². The Hall–Kier alpha value is -3.14. The predicted molar refractivity (Wildman–Crippen MR) is 96.5 cm³/mol. The molecule has 0 aliphatic carbocycles. The number of aryl methyl sites for hydroxylation is 2. The summed E-state index contributed by atoms with van der Waals surface area (Å²) in [5.74, 6) is 1.86. The van der Waals surface area contributed by atoms with Crippen LogP contribution in [0.1, 0.15) is 11.6 Å². The van der Waals surface area contributed by atoms with Crippen molar-refractivity contribution in [2.24, 2.45) is 0 Å². The van der Waals surface area contributed by atoms with E-state index in [-0.39, 0.29) is 0 Å². The fraction of sp³-hybridized carbons (Fsp3) is 0.100. The fourth-order valence-electron chi connectivity index (χ4n) is 2.80. The predicted octanol–water partition coefficient (Wildman–Crippen LogP) is 4.75. The van der Waals surface area contributed by atoms with Gasteiger partial charge in [-0.3, -0.25) is 0 Å². The summed E-state index contributed by atoms with van der Waals surface area (Å²) < 4.78 is 0. The Morgan fingerprint density at radius 1 is 0.542 bits per heavy atom. The van der Waals surface area contributed by atoms with Crippen LogP contribution in [0.5, 0.6) is 0 Å². The van der Waals surface area contributed by atoms with Gasteiger partial charge in [-0.05, 0) is 25.0 Å². The van der Waals surface area contributed by atoms with Crippen LogP contribution in [-0.2, 0) is 0 Å². The molecule has 0 fully saturated rings. The van der Waals surface area contributed by atoms with Gasteiger partial charge in [0.1, 0.15) is 11.6 Å². The van der Waals surface area contributed by atoms with Crippen molar-refractivity contribution >= 4 is 0 Å². The molecule has 2 N–H and O–H groups in total. The first kappa shape index (κ1) is 14.5. The van der Waals surface area contributed by atoms with Crippen LogP contribution in [-0.4, -0.2) is 19.9 Å². The first-order chi connectivity index (χ1) is 11.7. The zero-order chi connectivity index (χ0) is 16.5. The van der Waals surface area contributed by atoms with Crippen molar-refractivity contribution in [3.8, 4) is 33.6 Å². The number of hydrogen-bond donors (Lipinski definition) is 2. The van der Waals surface area contributed by atoms with Crippen LogP contribution in [0.15, 0.2) is 60.9 Å².